The van der Waals surface area contributed by atoms with Crippen LogP contribution in [0, 0.1) is 6.07 Å². The summed E-state index contributed by atoms with van der Waals surface area (Å²) in [6, 6.07) is 60.5. The zero-order valence-corrected chi connectivity index (χ0v) is 40.0. The molecule has 0 amide bonds. The molecule has 2 aromatic heterocycles. The molecule has 0 unspecified atom stereocenters. The Morgan fingerprint density at radius 1 is 0.578 bits per heavy atom. The molecule has 0 spiro atoms. The minimum atomic E-state index is -0.899. The SMILES string of the molecule is [2H]C(C)(C)c1cc(-c2ccccc2)cc(-n2c(-c3cc(C(C)(C)C)cc(C(C)(C)C)c3O)nc3c(-c4[c-]c(-c5cc(-c6ccccc6)ccn5)cc(-c5ccccc5)c4)cccc32)c1.[Pt]. The number of phenols is 1. The van der Waals surface area contributed by atoms with Crippen LogP contribution in [-0.4, -0.2) is 19.6 Å². The van der Waals surface area contributed by atoms with Gasteiger partial charge in [0.1, 0.15) is 11.6 Å². The number of hydrogen-bond donors (Lipinski definition) is 1. The standard InChI is InChI=1S/C59H54N3O.Pt/c1-38(2)43-29-45(41-23-16-11-17-24-41)34-49(33-43)62-54-26-18-25-50(55(54)61-57(62)51-36-48(58(3,4)5)37-52(56(51)63)59(6,7)8)46-30-44(40-21-14-10-15-22-40)31-47(32-46)53-35-42(27-28-60-53)39-19-12-9-13-20-39;/h9-31,33-38,63H,1-8H3;/q-1;/i38D;. The molecule has 9 rings (SSSR count). The van der Waals surface area contributed by atoms with Gasteiger partial charge in [0.05, 0.1) is 16.6 Å². The summed E-state index contributed by atoms with van der Waals surface area (Å²) >= 11 is 0. The maximum Gasteiger partial charge on any atom is 0.148 e. The van der Waals surface area contributed by atoms with Gasteiger partial charge in [0.2, 0.25) is 0 Å². The number of imidazole rings is 1. The van der Waals surface area contributed by atoms with Gasteiger partial charge in [0.25, 0.3) is 0 Å². The van der Waals surface area contributed by atoms with Crippen LogP contribution < -0.4 is 0 Å². The molecule has 1 N–H and O–H groups in total. The van der Waals surface area contributed by atoms with Crippen molar-refractivity contribution in [2.45, 2.75) is 72.1 Å². The summed E-state index contributed by atoms with van der Waals surface area (Å²) in [5, 5.41) is 12.5. The number of rotatable bonds is 8. The minimum Gasteiger partial charge on any atom is -0.507 e. The van der Waals surface area contributed by atoms with Gasteiger partial charge < -0.3 is 5.11 Å². The van der Waals surface area contributed by atoms with Crippen molar-refractivity contribution < 1.29 is 27.5 Å². The second-order valence-corrected chi connectivity index (χ2v) is 18.9. The van der Waals surface area contributed by atoms with Crippen LogP contribution >= 0.6 is 0 Å². The van der Waals surface area contributed by atoms with Gasteiger partial charge in [-0.3, -0.25) is 9.55 Å². The molecule has 0 bridgehead atoms. The van der Waals surface area contributed by atoms with Crippen LogP contribution in [0.1, 0.15) is 79.3 Å². The molecular weight excluding hydrogens is 962 g/mol. The largest absolute Gasteiger partial charge is 0.507 e. The molecule has 0 aliphatic carbocycles. The monoisotopic (exact) mass is 1020 g/mol. The van der Waals surface area contributed by atoms with Crippen LogP contribution in [0.4, 0.5) is 0 Å². The number of nitrogens with zero attached hydrogens (tertiary/aromatic N) is 3. The van der Waals surface area contributed by atoms with Crippen LogP contribution in [0.5, 0.6) is 5.75 Å². The van der Waals surface area contributed by atoms with Crippen molar-refractivity contribution in [1.29, 1.82) is 0 Å². The second kappa shape index (κ2) is 17.7. The van der Waals surface area contributed by atoms with Crippen molar-refractivity contribution in [1.82, 2.24) is 14.5 Å². The number of pyridine rings is 1. The molecule has 64 heavy (non-hydrogen) atoms. The average molecular weight is 1020 g/mol. The van der Waals surface area contributed by atoms with E-state index in [-0.39, 0.29) is 37.6 Å². The van der Waals surface area contributed by atoms with Gasteiger partial charge in [-0.2, -0.15) is 0 Å². The van der Waals surface area contributed by atoms with Crippen LogP contribution in [0.3, 0.4) is 0 Å². The van der Waals surface area contributed by atoms with E-state index in [4.69, 9.17) is 9.97 Å². The summed E-state index contributed by atoms with van der Waals surface area (Å²) in [5.41, 5.74) is 15.3. The molecule has 0 radical (unpaired) electrons. The maximum absolute atomic E-state index is 12.5. The van der Waals surface area contributed by atoms with E-state index >= 15 is 0 Å². The Balaban J connectivity index is 0.00000576. The molecule has 0 saturated heterocycles. The van der Waals surface area contributed by atoms with E-state index < -0.39 is 5.89 Å². The molecule has 0 saturated carbocycles. The van der Waals surface area contributed by atoms with Gasteiger partial charge >= 0.3 is 0 Å². The summed E-state index contributed by atoms with van der Waals surface area (Å²) in [5.74, 6) is -0.0698. The summed E-state index contributed by atoms with van der Waals surface area (Å²) in [6.07, 6.45) is 1.87. The van der Waals surface area contributed by atoms with Crippen molar-refractivity contribution in [3.63, 3.8) is 0 Å². The fourth-order valence-electron chi connectivity index (χ4n) is 8.43. The van der Waals surface area contributed by atoms with Crippen molar-refractivity contribution in [3.05, 3.63) is 193 Å². The Hall–Kier alpha value is -6.35. The summed E-state index contributed by atoms with van der Waals surface area (Å²) in [4.78, 5) is 10.5. The van der Waals surface area contributed by atoms with Gasteiger partial charge in [-0.25, -0.2) is 4.98 Å². The van der Waals surface area contributed by atoms with Gasteiger partial charge in [0.15, 0.2) is 0 Å². The zero-order valence-electron chi connectivity index (χ0n) is 38.8. The smallest absolute Gasteiger partial charge is 0.148 e. The molecule has 4 nitrogen and oxygen atoms in total. The van der Waals surface area contributed by atoms with E-state index in [0.29, 0.717) is 11.4 Å². The van der Waals surface area contributed by atoms with Crippen molar-refractivity contribution in [2.24, 2.45) is 0 Å². The molecule has 2 heterocycles. The van der Waals surface area contributed by atoms with Crippen LogP contribution in [0.15, 0.2) is 170 Å². The molecule has 5 heteroatoms. The fraction of sp³-hybridized carbons (Fsp3) is 0.186. The van der Waals surface area contributed by atoms with Gasteiger partial charge in [-0.05, 0) is 86.0 Å². The maximum atomic E-state index is 12.5. The Morgan fingerprint density at radius 2 is 1.17 bits per heavy atom. The average Bonchev–Trinajstić information content (AvgIpc) is 3.68. The Bertz CT molecular complexity index is 3160. The number of fused-ring (bicyclic) bond motifs is 1. The number of benzene rings is 7. The topological polar surface area (TPSA) is 50.9 Å². The zero-order chi connectivity index (χ0) is 45.0. The minimum absolute atomic E-state index is 0. The van der Waals surface area contributed by atoms with E-state index in [0.717, 1.165) is 89.2 Å². The first kappa shape index (κ1) is 42.9. The van der Waals surface area contributed by atoms with Crippen molar-refractivity contribution in [2.75, 3.05) is 0 Å². The predicted octanol–water partition coefficient (Wildman–Crippen LogP) is 15.6. The van der Waals surface area contributed by atoms with Gasteiger partial charge in [-0.1, -0.05) is 193 Å². The van der Waals surface area contributed by atoms with Gasteiger partial charge in [-0.15, -0.1) is 23.8 Å². The number of para-hydroxylation sites is 1. The quantitative estimate of drug-likeness (QED) is 0.154. The number of phenolic OH excluding ortho intramolecular Hbond substituents is 1. The molecule has 9 aromatic rings. The van der Waals surface area contributed by atoms with Crippen LogP contribution in [-0.2, 0) is 31.9 Å². The van der Waals surface area contributed by atoms with Gasteiger partial charge in [0, 0.05) is 45.6 Å². The first-order valence-electron chi connectivity index (χ1n) is 22.3. The third-order valence-electron chi connectivity index (χ3n) is 12.0. The molecule has 0 aliphatic heterocycles. The Labute approximate surface area is 394 Å². The van der Waals surface area contributed by atoms with E-state index in [2.05, 4.69) is 180 Å². The van der Waals surface area contributed by atoms with Crippen molar-refractivity contribution in [3.8, 4) is 78.6 Å². The number of aromatic hydroxyl groups is 1. The summed E-state index contributed by atoms with van der Waals surface area (Å²) in [6.45, 7) is 16.9. The summed E-state index contributed by atoms with van der Waals surface area (Å²) in [7, 11) is 0. The predicted molar refractivity (Wildman–Crippen MR) is 263 cm³/mol. The molecule has 0 atom stereocenters. The first-order chi connectivity index (χ1) is 30.5. The molecule has 322 valence electrons. The summed E-state index contributed by atoms with van der Waals surface area (Å²) < 4.78 is 11.5. The number of aromatic nitrogens is 3. The number of hydrogen-bond acceptors (Lipinski definition) is 3. The third kappa shape index (κ3) is 8.77. The van der Waals surface area contributed by atoms with E-state index in [1.807, 2.05) is 56.4 Å². The molecule has 7 aromatic carbocycles. The second-order valence-electron chi connectivity index (χ2n) is 18.9. The van der Waals surface area contributed by atoms with Crippen molar-refractivity contribution >= 4 is 11.0 Å². The van der Waals surface area contributed by atoms with Crippen LogP contribution in [0.25, 0.3) is 83.9 Å². The van der Waals surface area contributed by atoms with E-state index in [1.165, 1.54) is 0 Å². The Kier molecular flexibility index (Phi) is 11.8. The first-order valence-corrected chi connectivity index (χ1v) is 21.8. The normalized spacial score (nSPS) is 12.2. The fourth-order valence-corrected chi connectivity index (χ4v) is 8.43. The molecule has 0 fully saturated rings. The molecule has 0 aliphatic rings. The third-order valence-corrected chi connectivity index (χ3v) is 12.0. The molecular formula is C59H54N3OPt-. The Morgan fingerprint density at radius 3 is 1.77 bits per heavy atom. The van der Waals surface area contributed by atoms with E-state index in [9.17, 15) is 6.48 Å². The van der Waals surface area contributed by atoms with Crippen LogP contribution in [0.2, 0.25) is 0 Å². The van der Waals surface area contributed by atoms with E-state index in [1.54, 1.807) is 0 Å².